The Kier molecular flexibility index (Phi) is 4.02. The molecule has 1 aromatic carbocycles. The van der Waals surface area contributed by atoms with Crippen molar-refractivity contribution in [2.24, 2.45) is 0 Å². The van der Waals surface area contributed by atoms with Gasteiger partial charge in [0.2, 0.25) is 5.91 Å². The van der Waals surface area contributed by atoms with Gasteiger partial charge in [0.15, 0.2) is 0 Å². The molecule has 0 aliphatic carbocycles. The van der Waals surface area contributed by atoms with Gasteiger partial charge in [-0.25, -0.2) is 4.98 Å². The van der Waals surface area contributed by atoms with Gasteiger partial charge in [0.05, 0.1) is 31.4 Å². The molecule has 1 aromatic heterocycles. The SMILES string of the molecule is COc1ccc(NC(C)=O)cc1NCc1cnc[nH]1. The lowest BCUT2D eigenvalue weighted by Crippen LogP contribution is -2.07. The van der Waals surface area contributed by atoms with E-state index in [2.05, 4.69) is 20.6 Å². The van der Waals surface area contributed by atoms with Crippen molar-refractivity contribution < 1.29 is 9.53 Å². The van der Waals surface area contributed by atoms with E-state index in [9.17, 15) is 4.79 Å². The van der Waals surface area contributed by atoms with E-state index >= 15 is 0 Å². The third kappa shape index (κ3) is 3.48. The number of carbonyl (C=O) groups is 1. The van der Waals surface area contributed by atoms with Crippen LogP contribution in [0.5, 0.6) is 5.75 Å². The van der Waals surface area contributed by atoms with Gasteiger partial charge in [-0.15, -0.1) is 0 Å². The molecule has 0 bridgehead atoms. The molecule has 3 N–H and O–H groups in total. The Labute approximate surface area is 111 Å². The molecule has 0 radical (unpaired) electrons. The van der Waals surface area contributed by atoms with Crippen LogP contribution in [0.4, 0.5) is 11.4 Å². The average Bonchev–Trinajstić information content (AvgIpc) is 2.89. The maximum atomic E-state index is 11.0. The maximum Gasteiger partial charge on any atom is 0.221 e. The molecule has 0 aliphatic rings. The number of hydrogen-bond acceptors (Lipinski definition) is 4. The summed E-state index contributed by atoms with van der Waals surface area (Å²) < 4.78 is 5.27. The van der Waals surface area contributed by atoms with E-state index in [1.165, 1.54) is 6.92 Å². The molecule has 0 fully saturated rings. The van der Waals surface area contributed by atoms with E-state index in [0.717, 1.165) is 17.1 Å². The lowest BCUT2D eigenvalue weighted by atomic mass is 10.2. The number of imidazole rings is 1. The highest BCUT2D eigenvalue weighted by molar-refractivity contribution is 5.89. The quantitative estimate of drug-likeness (QED) is 0.768. The minimum Gasteiger partial charge on any atom is -0.495 e. The number of carbonyl (C=O) groups excluding carboxylic acids is 1. The van der Waals surface area contributed by atoms with Crippen molar-refractivity contribution in [1.29, 1.82) is 0 Å². The van der Waals surface area contributed by atoms with Crippen molar-refractivity contribution in [2.45, 2.75) is 13.5 Å². The molecule has 100 valence electrons. The molecule has 1 heterocycles. The fourth-order valence-electron chi connectivity index (χ4n) is 1.70. The van der Waals surface area contributed by atoms with Crippen molar-refractivity contribution in [3.8, 4) is 5.75 Å². The Hall–Kier alpha value is -2.50. The molecule has 1 amide bonds. The first kappa shape index (κ1) is 12.9. The second-order valence-electron chi connectivity index (χ2n) is 4.03. The zero-order valence-electron chi connectivity index (χ0n) is 10.9. The fraction of sp³-hybridized carbons (Fsp3) is 0.231. The summed E-state index contributed by atoms with van der Waals surface area (Å²) in [6, 6.07) is 5.43. The molecule has 6 nitrogen and oxygen atoms in total. The van der Waals surface area contributed by atoms with Gasteiger partial charge in [0, 0.05) is 18.8 Å². The van der Waals surface area contributed by atoms with Crippen LogP contribution in [0.3, 0.4) is 0 Å². The van der Waals surface area contributed by atoms with Gasteiger partial charge in [-0.3, -0.25) is 4.79 Å². The first-order chi connectivity index (χ1) is 9.19. The van der Waals surface area contributed by atoms with Crippen molar-refractivity contribution in [1.82, 2.24) is 9.97 Å². The number of H-pyrrole nitrogens is 1. The van der Waals surface area contributed by atoms with Gasteiger partial charge in [-0.1, -0.05) is 0 Å². The summed E-state index contributed by atoms with van der Waals surface area (Å²) in [5.74, 6) is 0.610. The molecule has 0 unspecified atom stereocenters. The summed E-state index contributed by atoms with van der Waals surface area (Å²) in [4.78, 5) is 18.0. The number of nitrogens with one attached hydrogen (secondary N) is 3. The zero-order chi connectivity index (χ0) is 13.7. The predicted molar refractivity (Wildman–Crippen MR) is 73.2 cm³/mol. The van der Waals surface area contributed by atoms with Gasteiger partial charge in [0.25, 0.3) is 0 Å². The Balaban J connectivity index is 2.13. The Morgan fingerprint density at radius 2 is 2.32 bits per heavy atom. The van der Waals surface area contributed by atoms with Crippen molar-refractivity contribution >= 4 is 17.3 Å². The fourth-order valence-corrected chi connectivity index (χ4v) is 1.70. The number of ether oxygens (including phenoxy) is 1. The number of rotatable bonds is 5. The molecule has 0 saturated carbocycles. The van der Waals surface area contributed by atoms with E-state index in [0.29, 0.717) is 12.3 Å². The highest BCUT2D eigenvalue weighted by Crippen LogP contribution is 2.28. The molecule has 0 atom stereocenters. The topological polar surface area (TPSA) is 79.0 Å². The number of benzene rings is 1. The first-order valence-corrected chi connectivity index (χ1v) is 5.86. The van der Waals surface area contributed by atoms with Crippen LogP contribution < -0.4 is 15.4 Å². The van der Waals surface area contributed by atoms with Crippen LogP contribution in [0.1, 0.15) is 12.6 Å². The molecule has 0 saturated heterocycles. The minimum absolute atomic E-state index is 0.107. The zero-order valence-corrected chi connectivity index (χ0v) is 10.9. The summed E-state index contributed by atoms with van der Waals surface area (Å²) in [6.07, 6.45) is 3.37. The lowest BCUT2D eigenvalue weighted by molar-refractivity contribution is -0.114. The number of aromatic nitrogens is 2. The Morgan fingerprint density at radius 1 is 1.47 bits per heavy atom. The van der Waals surface area contributed by atoms with E-state index in [1.54, 1.807) is 31.8 Å². The number of amides is 1. The van der Waals surface area contributed by atoms with Crippen LogP contribution in [-0.4, -0.2) is 23.0 Å². The van der Waals surface area contributed by atoms with E-state index in [1.807, 2.05) is 6.07 Å². The monoisotopic (exact) mass is 260 g/mol. The lowest BCUT2D eigenvalue weighted by Gasteiger charge is -2.12. The van der Waals surface area contributed by atoms with Gasteiger partial charge in [-0.05, 0) is 18.2 Å². The van der Waals surface area contributed by atoms with E-state index in [-0.39, 0.29) is 5.91 Å². The second kappa shape index (κ2) is 5.90. The van der Waals surface area contributed by atoms with Gasteiger partial charge < -0.3 is 20.4 Å². The third-order valence-corrected chi connectivity index (χ3v) is 2.54. The third-order valence-electron chi connectivity index (χ3n) is 2.54. The van der Waals surface area contributed by atoms with Crippen LogP contribution in [0, 0.1) is 0 Å². The molecule has 0 spiro atoms. The molecule has 19 heavy (non-hydrogen) atoms. The number of nitrogens with zero attached hydrogens (tertiary/aromatic N) is 1. The van der Waals surface area contributed by atoms with Crippen LogP contribution in [0.25, 0.3) is 0 Å². The van der Waals surface area contributed by atoms with Gasteiger partial charge in [-0.2, -0.15) is 0 Å². The number of methoxy groups -OCH3 is 1. The van der Waals surface area contributed by atoms with Crippen LogP contribution in [-0.2, 0) is 11.3 Å². The van der Waals surface area contributed by atoms with E-state index in [4.69, 9.17) is 4.74 Å². The largest absolute Gasteiger partial charge is 0.495 e. The van der Waals surface area contributed by atoms with Crippen LogP contribution in [0.2, 0.25) is 0 Å². The predicted octanol–water partition coefficient (Wildman–Crippen LogP) is 1.99. The molecule has 2 rings (SSSR count). The highest BCUT2D eigenvalue weighted by Gasteiger charge is 2.05. The molecule has 6 heteroatoms. The molecule has 2 aromatic rings. The minimum atomic E-state index is -0.107. The Bertz CT molecular complexity index is 552. The summed E-state index contributed by atoms with van der Waals surface area (Å²) >= 11 is 0. The summed E-state index contributed by atoms with van der Waals surface area (Å²) in [7, 11) is 1.61. The number of hydrogen-bond donors (Lipinski definition) is 3. The van der Waals surface area contributed by atoms with Crippen molar-refractivity contribution in [2.75, 3.05) is 17.7 Å². The summed E-state index contributed by atoms with van der Waals surface area (Å²) in [5.41, 5.74) is 2.50. The molecular formula is C13H16N4O2. The summed E-state index contributed by atoms with van der Waals surface area (Å²) in [5, 5.41) is 5.97. The second-order valence-corrected chi connectivity index (χ2v) is 4.03. The van der Waals surface area contributed by atoms with Gasteiger partial charge >= 0.3 is 0 Å². The van der Waals surface area contributed by atoms with E-state index < -0.39 is 0 Å². The number of aromatic amines is 1. The maximum absolute atomic E-state index is 11.0. The average molecular weight is 260 g/mol. The standard InChI is InChI=1S/C13H16N4O2/c1-9(18)17-10-3-4-13(19-2)12(5-10)15-7-11-6-14-8-16-11/h3-6,8,15H,7H2,1-2H3,(H,14,16)(H,17,18). The number of anilines is 2. The smallest absolute Gasteiger partial charge is 0.221 e. The van der Waals surface area contributed by atoms with Gasteiger partial charge in [0.1, 0.15) is 5.75 Å². The highest BCUT2D eigenvalue weighted by atomic mass is 16.5. The first-order valence-electron chi connectivity index (χ1n) is 5.86. The molecular weight excluding hydrogens is 244 g/mol. The molecule has 0 aliphatic heterocycles. The van der Waals surface area contributed by atoms with Crippen LogP contribution >= 0.6 is 0 Å². The summed E-state index contributed by atoms with van der Waals surface area (Å²) in [6.45, 7) is 2.07. The van der Waals surface area contributed by atoms with Crippen LogP contribution in [0.15, 0.2) is 30.7 Å². The normalized spacial score (nSPS) is 10.0. The van der Waals surface area contributed by atoms with Crippen molar-refractivity contribution in [3.05, 3.63) is 36.4 Å². The van der Waals surface area contributed by atoms with Crippen molar-refractivity contribution in [3.63, 3.8) is 0 Å². The Morgan fingerprint density at radius 3 is 2.95 bits per heavy atom.